The van der Waals surface area contributed by atoms with Gasteiger partial charge in [-0.2, -0.15) is 0 Å². The fourth-order valence-electron chi connectivity index (χ4n) is 3.75. The van der Waals surface area contributed by atoms with E-state index < -0.39 is 0 Å². The number of urea groups is 1. The van der Waals surface area contributed by atoms with E-state index in [1.54, 1.807) is 61.7 Å². The van der Waals surface area contributed by atoms with E-state index in [0.717, 1.165) is 12.8 Å². The van der Waals surface area contributed by atoms with Gasteiger partial charge in [-0.15, -0.1) is 0 Å². The Kier molecular flexibility index (Phi) is 7.09. The van der Waals surface area contributed by atoms with E-state index in [2.05, 4.69) is 16.0 Å². The topological polar surface area (TPSA) is 88.7 Å². The summed E-state index contributed by atoms with van der Waals surface area (Å²) in [4.78, 5) is 24.8. The summed E-state index contributed by atoms with van der Waals surface area (Å²) in [5.74, 6) is 0.937. The molecule has 3 aromatic rings. The Morgan fingerprint density at radius 2 is 1.36 bits per heavy atom. The first-order chi connectivity index (χ1) is 16.1. The van der Waals surface area contributed by atoms with E-state index in [1.165, 1.54) is 12.8 Å². The van der Waals surface area contributed by atoms with Crippen molar-refractivity contribution in [3.63, 3.8) is 0 Å². The predicted octanol–water partition coefficient (Wildman–Crippen LogP) is 5.91. The number of carbonyl (C=O) groups is 2. The standard InChI is InChI=1S/C26H27N3O4/c1-32-24-17-18(11-16-23(24)33-22-9-5-6-10-22)25(30)27-20-12-14-21(15-13-20)29-26(31)28-19-7-3-2-4-8-19/h2-4,7-8,11-17,22H,5-6,9-10H2,1H3,(H,27,30)(H2,28,29,31). The zero-order valence-corrected chi connectivity index (χ0v) is 18.5. The minimum Gasteiger partial charge on any atom is -0.493 e. The van der Waals surface area contributed by atoms with Crippen molar-refractivity contribution >= 4 is 29.0 Å². The normalized spacial score (nSPS) is 13.2. The van der Waals surface area contributed by atoms with Crippen LogP contribution in [0.2, 0.25) is 0 Å². The van der Waals surface area contributed by atoms with E-state index in [-0.39, 0.29) is 18.0 Å². The first kappa shape index (κ1) is 22.2. The Hall–Kier alpha value is -4.00. The zero-order chi connectivity index (χ0) is 23.0. The van der Waals surface area contributed by atoms with Crippen LogP contribution in [0.4, 0.5) is 21.9 Å². The van der Waals surface area contributed by atoms with Crippen molar-refractivity contribution in [2.75, 3.05) is 23.1 Å². The molecule has 0 atom stereocenters. The van der Waals surface area contributed by atoms with E-state index in [9.17, 15) is 9.59 Å². The second-order valence-corrected chi connectivity index (χ2v) is 7.87. The van der Waals surface area contributed by atoms with Crippen LogP contribution < -0.4 is 25.4 Å². The second-order valence-electron chi connectivity index (χ2n) is 7.87. The van der Waals surface area contributed by atoms with E-state index in [0.29, 0.717) is 34.1 Å². The second kappa shape index (κ2) is 10.5. The third-order valence-electron chi connectivity index (χ3n) is 5.45. The fraction of sp³-hybridized carbons (Fsp3) is 0.231. The minimum absolute atomic E-state index is 0.209. The van der Waals surface area contributed by atoms with Crippen molar-refractivity contribution < 1.29 is 19.1 Å². The molecule has 170 valence electrons. The Morgan fingerprint density at radius 3 is 2.00 bits per heavy atom. The van der Waals surface area contributed by atoms with Gasteiger partial charge in [0.1, 0.15) is 0 Å². The molecule has 0 unspecified atom stereocenters. The van der Waals surface area contributed by atoms with Gasteiger partial charge in [-0.1, -0.05) is 18.2 Å². The third-order valence-corrected chi connectivity index (χ3v) is 5.45. The van der Waals surface area contributed by atoms with E-state index >= 15 is 0 Å². The molecule has 0 aliphatic heterocycles. The van der Waals surface area contributed by atoms with Gasteiger partial charge in [-0.05, 0) is 80.3 Å². The summed E-state index contributed by atoms with van der Waals surface area (Å²) in [6.07, 6.45) is 4.66. The van der Waals surface area contributed by atoms with Crippen LogP contribution in [0.5, 0.6) is 11.5 Å². The maximum atomic E-state index is 12.7. The molecule has 33 heavy (non-hydrogen) atoms. The number of carbonyl (C=O) groups excluding carboxylic acids is 2. The molecule has 0 aromatic heterocycles. The van der Waals surface area contributed by atoms with Crippen molar-refractivity contribution in [1.29, 1.82) is 0 Å². The highest BCUT2D eigenvalue weighted by Gasteiger charge is 2.19. The average molecular weight is 446 g/mol. The number of ether oxygens (including phenoxy) is 2. The van der Waals surface area contributed by atoms with Crippen LogP contribution in [0.1, 0.15) is 36.0 Å². The predicted molar refractivity (Wildman–Crippen MR) is 129 cm³/mol. The molecule has 7 heteroatoms. The molecule has 1 fully saturated rings. The molecule has 0 bridgehead atoms. The molecule has 3 amide bonds. The van der Waals surface area contributed by atoms with Crippen LogP contribution >= 0.6 is 0 Å². The molecule has 1 aliphatic rings. The summed E-state index contributed by atoms with van der Waals surface area (Å²) in [5, 5.41) is 8.37. The highest BCUT2D eigenvalue weighted by molar-refractivity contribution is 6.05. The van der Waals surface area contributed by atoms with Gasteiger partial charge in [-0.3, -0.25) is 4.79 Å². The third kappa shape index (κ3) is 6.04. The number of hydrogen-bond acceptors (Lipinski definition) is 4. The van der Waals surface area contributed by atoms with Crippen LogP contribution in [-0.4, -0.2) is 25.2 Å². The highest BCUT2D eigenvalue weighted by Crippen LogP contribution is 2.32. The Bertz CT molecular complexity index is 1090. The molecule has 4 rings (SSSR count). The first-order valence-corrected chi connectivity index (χ1v) is 11.0. The largest absolute Gasteiger partial charge is 0.493 e. The minimum atomic E-state index is -0.343. The molecule has 3 N–H and O–H groups in total. The summed E-state index contributed by atoms with van der Waals surface area (Å²) < 4.78 is 11.5. The molecule has 1 aliphatic carbocycles. The summed E-state index contributed by atoms with van der Waals surface area (Å²) >= 11 is 0. The number of amides is 3. The van der Waals surface area contributed by atoms with Gasteiger partial charge in [0.05, 0.1) is 13.2 Å². The molecule has 3 aromatic carbocycles. The van der Waals surface area contributed by atoms with Crippen molar-refractivity contribution in [1.82, 2.24) is 0 Å². The van der Waals surface area contributed by atoms with Gasteiger partial charge >= 0.3 is 6.03 Å². The van der Waals surface area contributed by atoms with Crippen LogP contribution in [0, 0.1) is 0 Å². The molecule has 0 heterocycles. The average Bonchev–Trinajstić information content (AvgIpc) is 3.34. The number of benzene rings is 3. The molecule has 0 radical (unpaired) electrons. The Morgan fingerprint density at radius 1 is 0.758 bits per heavy atom. The van der Waals surface area contributed by atoms with Crippen molar-refractivity contribution in [3.8, 4) is 11.5 Å². The SMILES string of the molecule is COc1cc(C(=O)Nc2ccc(NC(=O)Nc3ccccc3)cc2)ccc1OC1CCCC1. The molecular weight excluding hydrogens is 418 g/mol. The molecule has 7 nitrogen and oxygen atoms in total. The monoisotopic (exact) mass is 445 g/mol. The van der Waals surface area contributed by atoms with Crippen molar-refractivity contribution in [2.24, 2.45) is 0 Å². The maximum absolute atomic E-state index is 12.7. The number of para-hydroxylation sites is 1. The lowest BCUT2D eigenvalue weighted by molar-refractivity contribution is 0.102. The summed E-state index contributed by atoms with van der Waals surface area (Å²) in [6.45, 7) is 0. The van der Waals surface area contributed by atoms with Crippen LogP contribution in [-0.2, 0) is 0 Å². The molecular formula is C26H27N3O4. The van der Waals surface area contributed by atoms with Gasteiger partial charge in [-0.25, -0.2) is 4.79 Å². The summed E-state index contributed by atoms with van der Waals surface area (Å²) in [5.41, 5.74) is 2.39. The smallest absolute Gasteiger partial charge is 0.323 e. The van der Waals surface area contributed by atoms with Gasteiger partial charge < -0.3 is 25.4 Å². The number of methoxy groups -OCH3 is 1. The number of anilines is 3. The quantitative estimate of drug-likeness (QED) is 0.422. The number of hydrogen-bond donors (Lipinski definition) is 3. The van der Waals surface area contributed by atoms with E-state index in [4.69, 9.17) is 9.47 Å². The highest BCUT2D eigenvalue weighted by atomic mass is 16.5. The summed E-state index contributed by atoms with van der Waals surface area (Å²) in [6, 6.07) is 20.9. The maximum Gasteiger partial charge on any atom is 0.323 e. The Balaban J connectivity index is 1.34. The van der Waals surface area contributed by atoms with Gasteiger partial charge in [0.15, 0.2) is 11.5 Å². The van der Waals surface area contributed by atoms with Gasteiger partial charge in [0.25, 0.3) is 5.91 Å². The summed E-state index contributed by atoms with van der Waals surface area (Å²) in [7, 11) is 1.57. The van der Waals surface area contributed by atoms with E-state index in [1.807, 2.05) is 18.2 Å². The lowest BCUT2D eigenvalue weighted by atomic mass is 10.1. The number of nitrogens with one attached hydrogen (secondary N) is 3. The molecule has 0 spiro atoms. The first-order valence-electron chi connectivity index (χ1n) is 11.0. The molecule has 1 saturated carbocycles. The van der Waals surface area contributed by atoms with Crippen molar-refractivity contribution in [2.45, 2.75) is 31.8 Å². The molecule has 0 saturated heterocycles. The lowest BCUT2D eigenvalue weighted by Crippen LogP contribution is -2.19. The number of rotatable bonds is 7. The zero-order valence-electron chi connectivity index (χ0n) is 18.5. The lowest BCUT2D eigenvalue weighted by Gasteiger charge is -2.16. The van der Waals surface area contributed by atoms with Crippen molar-refractivity contribution in [3.05, 3.63) is 78.4 Å². The van der Waals surface area contributed by atoms with Crippen LogP contribution in [0.25, 0.3) is 0 Å². The fourth-order valence-corrected chi connectivity index (χ4v) is 3.75. The van der Waals surface area contributed by atoms with Crippen LogP contribution in [0.15, 0.2) is 72.8 Å². The Labute approximate surface area is 193 Å². The van der Waals surface area contributed by atoms with Gasteiger partial charge in [0, 0.05) is 22.6 Å². The van der Waals surface area contributed by atoms with Crippen LogP contribution in [0.3, 0.4) is 0 Å². The van der Waals surface area contributed by atoms with Gasteiger partial charge in [0.2, 0.25) is 0 Å².